The van der Waals surface area contributed by atoms with E-state index in [4.69, 9.17) is 9.47 Å². The summed E-state index contributed by atoms with van der Waals surface area (Å²) >= 11 is 2.92. The van der Waals surface area contributed by atoms with Crippen molar-refractivity contribution >= 4 is 20.7 Å². The number of hydrogen-bond acceptors (Lipinski definition) is 3. The number of hydrogen-bond donors (Lipinski definition) is 0. The minimum Gasteiger partial charge on any atom is -0.454 e. The molecule has 1 aromatic carbocycles. The molecule has 5 heteroatoms. The van der Waals surface area contributed by atoms with E-state index in [-0.39, 0.29) is 11.6 Å². The molecule has 1 aliphatic heterocycles. The van der Waals surface area contributed by atoms with Gasteiger partial charge in [-0.05, 0) is 30.2 Å². The molecule has 0 aromatic heterocycles. The van der Waals surface area contributed by atoms with Crippen molar-refractivity contribution in [3.8, 4) is 11.5 Å². The summed E-state index contributed by atoms with van der Waals surface area (Å²) in [5.41, 5.74) is 2.14. The monoisotopic (exact) mass is 285 g/mol. The molecule has 0 aliphatic carbocycles. The number of rotatable bonds is 2. The standard InChI is InChI=1S/C11H12BrNO3/c1-7-3-9-10(16-6-15-9)4-8(7)5-13(2)11(12)14/h3-4H,5-6H2,1-2H3. The second-order valence-corrected chi connectivity index (χ2v) is 4.42. The Kier molecular flexibility index (Phi) is 3.05. The quantitative estimate of drug-likeness (QED) is 0.619. The highest BCUT2D eigenvalue weighted by Gasteiger charge is 2.16. The number of halogens is 1. The summed E-state index contributed by atoms with van der Waals surface area (Å²) in [5.74, 6) is 1.52. The van der Waals surface area contributed by atoms with Crippen LogP contribution in [-0.4, -0.2) is 23.6 Å². The van der Waals surface area contributed by atoms with Gasteiger partial charge in [-0.2, -0.15) is 0 Å². The molecule has 0 fully saturated rings. The van der Waals surface area contributed by atoms with Crippen LogP contribution in [0.2, 0.25) is 0 Å². The van der Waals surface area contributed by atoms with E-state index >= 15 is 0 Å². The van der Waals surface area contributed by atoms with Gasteiger partial charge in [-0.1, -0.05) is 0 Å². The van der Waals surface area contributed by atoms with Crippen LogP contribution in [0.4, 0.5) is 4.79 Å². The number of carbonyl (C=O) groups excluding carboxylic acids is 1. The third-order valence-corrected chi connectivity index (χ3v) is 3.14. The predicted molar refractivity (Wildman–Crippen MR) is 63.1 cm³/mol. The lowest BCUT2D eigenvalue weighted by atomic mass is 10.1. The molecule has 1 aliphatic rings. The van der Waals surface area contributed by atoms with Gasteiger partial charge in [0, 0.05) is 29.5 Å². The number of benzene rings is 1. The first kappa shape index (κ1) is 11.3. The zero-order valence-corrected chi connectivity index (χ0v) is 10.7. The summed E-state index contributed by atoms with van der Waals surface area (Å²) < 4.78 is 10.6. The highest BCUT2D eigenvalue weighted by molar-refractivity contribution is 9.18. The first-order valence-electron chi connectivity index (χ1n) is 4.87. The predicted octanol–water partition coefficient (Wildman–Crippen LogP) is 2.67. The van der Waals surface area contributed by atoms with Crippen LogP contribution in [-0.2, 0) is 6.54 Å². The fraction of sp³-hybridized carbons (Fsp3) is 0.364. The number of aryl methyl sites for hydroxylation is 1. The second kappa shape index (κ2) is 4.33. The molecule has 16 heavy (non-hydrogen) atoms. The van der Waals surface area contributed by atoms with Crippen molar-refractivity contribution in [2.24, 2.45) is 0 Å². The van der Waals surface area contributed by atoms with E-state index in [9.17, 15) is 4.79 Å². The Labute approximate surface area is 102 Å². The average Bonchev–Trinajstić information content (AvgIpc) is 2.65. The van der Waals surface area contributed by atoms with Crippen LogP contribution < -0.4 is 9.47 Å². The summed E-state index contributed by atoms with van der Waals surface area (Å²) in [6.07, 6.45) is 0. The highest BCUT2D eigenvalue weighted by atomic mass is 79.9. The number of nitrogens with zero attached hydrogens (tertiary/aromatic N) is 1. The van der Waals surface area contributed by atoms with Crippen LogP contribution in [0.25, 0.3) is 0 Å². The lowest BCUT2D eigenvalue weighted by Gasteiger charge is -2.15. The van der Waals surface area contributed by atoms with Crippen LogP contribution in [0.1, 0.15) is 11.1 Å². The molecule has 0 atom stereocenters. The Bertz CT molecular complexity index is 433. The molecule has 0 saturated carbocycles. The summed E-state index contributed by atoms with van der Waals surface area (Å²) in [4.78, 5) is 12.5. The summed E-state index contributed by atoms with van der Waals surface area (Å²) in [7, 11) is 1.74. The summed E-state index contributed by atoms with van der Waals surface area (Å²) in [6, 6.07) is 3.86. The van der Waals surface area contributed by atoms with Gasteiger partial charge in [-0.15, -0.1) is 0 Å². The topological polar surface area (TPSA) is 38.8 Å². The Morgan fingerprint density at radius 1 is 1.44 bits per heavy atom. The largest absolute Gasteiger partial charge is 0.454 e. The molecule has 0 spiro atoms. The Morgan fingerprint density at radius 2 is 2.06 bits per heavy atom. The van der Waals surface area contributed by atoms with Crippen molar-refractivity contribution in [1.29, 1.82) is 0 Å². The van der Waals surface area contributed by atoms with Gasteiger partial charge in [0.15, 0.2) is 11.5 Å². The number of amides is 1. The van der Waals surface area contributed by atoms with Crippen molar-refractivity contribution in [3.63, 3.8) is 0 Å². The third kappa shape index (κ3) is 2.14. The lowest BCUT2D eigenvalue weighted by Crippen LogP contribution is -2.20. The summed E-state index contributed by atoms with van der Waals surface area (Å²) in [5, 5.41) is 0. The van der Waals surface area contributed by atoms with Crippen LogP contribution in [0, 0.1) is 6.92 Å². The molecular weight excluding hydrogens is 274 g/mol. The van der Waals surface area contributed by atoms with Gasteiger partial charge >= 0.3 is 0 Å². The van der Waals surface area contributed by atoms with Gasteiger partial charge in [0.25, 0.3) is 4.82 Å². The van der Waals surface area contributed by atoms with E-state index < -0.39 is 0 Å². The van der Waals surface area contributed by atoms with Crippen molar-refractivity contribution in [1.82, 2.24) is 4.90 Å². The molecule has 0 bridgehead atoms. The van der Waals surface area contributed by atoms with E-state index in [1.165, 1.54) is 0 Å². The molecule has 86 valence electrons. The molecule has 1 heterocycles. The van der Waals surface area contributed by atoms with Crippen LogP contribution in [0.3, 0.4) is 0 Å². The van der Waals surface area contributed by atoms with Gasteiger partial charge in [0.1, 0.15) is 0 Å². The van der Waals surface area contributed by atoms with Crippen LogP contribution in [0.15, 0.2) is 12.1 Å². The van der Waals surface area contributed by atoms with Crippen molar-refractivity contribution < 1.29 is 14.3 Å². The van der Waals surface area contributed by atoms with Gasteiger partial charge in [-0.25, -0.2) is 0 Å². The Morgan fingerprint density at radius 3 is 2.69 bits per heavy atom. The van der Waals surface area contributed by atoms with Crippen LogP contribution in [0.5, 0.6) is 11.5 Å². The average molecular weight is 286 g/mol. The van der Waals surface area contributed by atoms with Crippen molar-refractivity contribution in [3.05, 3.63) is 23.3 Å². The van der Waals surface area contributed by atoms with E-state index in [0.717, 1.165) is 22.6 Å². The second-order valence-electron chi connectivity index (χ2n) is 3.74. The van der Waals surface area contributed by atoms with Crippen molar-refractivity contribution in [2.45, 2.75) is 13.5 Å². The van der Waals surface area contributed by atoms with Gasteiger partial charge < -0.3 is 14.4 Å². The number of carbonyl (C=O) groups is 1. The maximum absolute atomic E-state index is 11.1. The van der Waals surface area contributed by atoms with E-state index in [1.807, 2.05) is 19.1 Å². The van der Waals surface area contributed by atoms with Gasteiger partial charge in [0.05, 0.1) is 0 Å². The van der Waals surface area contributed by atoms with Gasteiger partial charge in [0.2, 0.25) is 6.79 Å². The fourth-order valence-electron chi connectivity index (χ4n) is 1.57. The third-order valence-electron chi connectivity index (χ3n) is 2.54. The SMILES string of the molecule is Cc1cc2c(cc1CN(C)C(=O)Br)OCO2. The van der Waals surface area contributed by atoms with Crippen molar-refractivity contribution in [2.75, 3.05) is 13.8 Å². The number of ether oxygens (including phenoxy) is 2. The number of fused-ring (bicyclic) bond motifs is 1. The normalized spacial score (nSPS) is 12.7. The maximum atomic E-state index is 11.1. The minimum absolute atomic E-state index is 0.135. The molecule has 1 amide bonds. The molecule has 2 rings (SSSR count). The molecule has 0 saturated heterocycles. The maximum Gasteiger partial charge on any atom is 0.289 e. The van der Waals surface area contributed by atoms with E-state index in [0.29, 0.717) is 6.54 Å². The highest BCUT2D eigenvalue weighted by Crippen LogP contribution is 2.34. The fourth-order valence-corrected chi connectivity index (χ4v) is 1.70. The molecule has 1 aromatic rings. The molecule has 4 nitrogen and oxygen atoms in total. The molecule has 0 unspecified atom stereocenters. The zero-order chi connectivity index (χ0) is 11.7. The molecular formula is C11H12BrNO3. The first-order chi connectivity index (χ1) is 7.58. The zero-order valence-electron chi connectivity index (χ0n) is 9.12. The summed E-state index contributed by atoms with van der Waals surface area (Å²) in [6.45, 7) is 2.81. The molecule has 0 radical (unpaired) electrons. The first-order valence-corrected chi connectivity index (χ1v) is 5.67. The lowest BCUT2D eigenvalue weighted by molar-refractivity contribution is 0.174. The van der Waals surface area contributed by atoms with Crippen LogP contribution >= 0.6 is 15.9 Å². The Hall–Kier alpha value is -1.23. The van der Waals surface area contributed by atoms with E-state index in [1.54, 1.807) is 11.9 Å². The smallest absolute Gasteiger partial charge is 0.289 e. The minimum atomic E-state index is -0.135. The van der Waals surface area contributed by atoms with Gasteiger partial charge in [-0.3, -0.25) is 4.79 Å². The van der Waals surface area contributed by atoms with E-state index in [2.05, 4.69) is 15.9 Å². The molecule has 0 N–H and O–H groups in total. The Balaban J connectivity index is 2.25.